The van der Waals surface area contributed by atoms with Crippen LogP contribution in [0.25, 0.3) is 10.8 Å². The first-order chi connectivity index (χ1) is 10.5. The van der Waals surface area contributed by atoms with Gasteiger partial charge in [0.15, 0.2) is 0 Å². The van der Waals surface area contributed by atoms with Crippen molar-refractivity contribution in [2.45, 2.75) is 34.1 Å². The minimum absolute atomic E-state index is 0.250. The molecule has 0 aliphatic rings. The van der Waals surface area contributed by atoms with E-state index in [1.54, 1.807) is 0 Å². The summed E-state index contributed by atoms with van der Waals surface area (Å²) in [7, 11) is 1.00. The van der Waals surface area contributed by atoms with Crippen LogP contribution in [0.1, 0.15) is 31.9 Å². The quantitative estimate of drug-likeness (QED) is 0.643. The van der Waals surface area contributed by atoms with E-state index in [0.717, 1.165) is 39.9 Å². The summed E-state index contributed by atoms with van der Waals surface area (Å²) in [5, 5.41) is 26.0. The fourth-order valence-electron chi connectivity index (χ4n) is 1.98. The average molecular weight is 373 g/mol. The summed E-state index contributed by atoms with van der Waals surface area (Å²) in [5.41, 5.74) is 2.20. The maximum absolute atomic E-state index is 10.1. The van der Waals surface area contributed by atoms with Gasteiger partial charge in [0, 0.05) is 17.0 Å². The molecule has 2 rings (SSSR count). The van der Waals surface area contributed by atoms with E-state index in [-0.39, 0.29) is 6.47 Å². The molecule has 5 heteroatoms. The van der Waals surface area contributed by atoms with E-state index in [1.165, 1.54) is 0 Å². The lowest BCUT2D eigenvalue weighted by molar-refractivity contribution is -0.122. The Hall–Kier alpha value is -1.59. The molecule has 0 aliphatic heterocycles. The number of carboxylic acid groups (broad SMARTS) is 1. The van der Waals surface area contributed by atoms with Crippen LogP contribution in [-0.2, 0) is 11.2 Å². The molecule has 0 saturated heterocycles. The fraction of sp³-hybridized carbons (Fsp3) is 0.353. The van der Waals surface area contributed by atoms with Crippen LogP contribution in [0.2, 0.25) is 0 Å². The number of aliphatic hydroxyl groups is 1. The van der Waals surface area contributed by atoms with E-state index >= 15 is 0 Å². The van der Waals surface area contributed by atoms with Gasteiger partial charge in [-0.15, -0.1) is 0 Å². The molecular formula is C17H25BrO4. The maximum Gasteiger partial charge on any atom is 0.290 e. The molecule has 0 spiro atoms. The highest BCUT2D eigenvalue weighted by atomic mass is 79.9. The third kappa shape index (κ3) is 6.45. The van der Waals surface area contributed by atoms with E-state index < -0.39 is 0 Å². The molecule has 22 heavy (non-hydrogen) atoms. The molecule has 0 aliphatic carbocycles. The number of halogens is 1. The van der Waals surface area contributed by atoms with Gasteiger partial charge in [0.2, 0.25) is 0 Å². The number of phenols is 1. The van der Waals surface area contributed by atoms with Crippen LogP contribution in [0.3, 0.4) is 0 Å². The Bertz CT molecular complexity index is 568. The third-order valence-corrected chi connectivity index (χ3v) is 3.25. The molecule has 2 aromatic carbocycles. The lowest BCUT2D eigenvalue weighted by atomic mass is 9.99. The Kier molecular flexibility index (Phi) is 13.5. The standard InChI is InChI=1S/C13H13BrO.C2H6.CH2O2.CH4O/c1-3-11-8(2)6-9-4-5-10(14)7-12(9)13(11)15;1-2;2-1-3;1-2/h4-7,15H,3H2,1-2H3;1-2H3;1H,(H,2,3);2H,1H3. The number of aryl methyl sites for hydroxylation is 1. The van der Waals surface area contributed by atoms with Crippen LogP contribution in [0, 0.1) is 6.92 Å². The highest BCUT2D eigenvalue weighted by Gasteiger charge is 2.08. The van der Waals surface area contributed by atoms with Gasteiger partial charge in [0.25, 0.3) is 6.47 Å². The molecule has 0 amide bonds. The average Bonchev–Trinajstić information content (AvgIpc) is 2.53. The first-order valence-corrected chi connectivity index (χ1v) is 7.77. The molecule has 0 heterocycles. The summed E-state index contributed by atoms with van der Waals surface area (Å²) < 4.78 is 0.996. The number of carbonyl (C=O) groups is 1. The van der Waals surface area contributed by atoms with Gasteiger partial charge < -0.3 is 15.3 Å². The number of hydrogen-bond donors (Lipinski definition) is 3. The fourth-order valence-corrected chi connectivity index (χ4v) is 2.34. The first kappa shape index (κ1) is 22.7. The van der Waals surface area contributed by atoms with E-state index in [1.807, 2.05) is 39.0 Å². The largest absolute Gasteiger partial charge is 0.507 e. The lowest BCUT2D eigenvalue weighted by Gasteiger charge is -2.10. The van der Waals surface area contributed by atoms with Crippen molar-refractivity contribution < 1.29 is 20.1 Å². The van der Waals surface area contributed by atoms with Crippen molar-refractivity contribution in [2.75, 3.05) is 7.11 Å². The molecule has 0 aromatic heterocycles. The zero-order chi connectivity index (χ0) is 17.7. The molecule has 2 aromatic rings. The van der Waals surface area contributed by atoms with Crippen LogP contribution >= 0.6 is 15.9 Å². The molecule has 3 N–H and O–H groups in total. The first-order valence-electron chi connectivity index (χ1n) is 6.98. The van der Waals surface area contributed by atoms with Crippen molar-refractivity contribution in [3.63, 3.8) is 0 Å². The lowest BCUT2D eigenvalue weighted by Crippen LogP contribution is -1.89. The van der Waals surface area contributed by atoms with E-state index in [0.29, 0.717) is 5.75 Å². The number of phenolic OH excluding ortho intramolecular Hbond substituents is 1. The molecule has 0 atom stereocenters. The Morgan fingerprint density at radius 2 is 1.68 bits per heavy atom. The molecule has 4 nitrogen and oxygen atoms in total. The van der Waals surface area contributed by atoms with Crippen molar-refractivity contribution in [3.8, 4) is 5.75 Å². The van der Waals surface area contributed by atoms with Gasteiger partial charge >= 0.3 is 0 Å². The van der Waals surface area contributed by atoms with Crippen molar-refractivity contribution >= 4 is 33.2 Å². The van der Waals surface area contributed by atoms with Gasteiger partial charge in [-0.25, -0.2) is 0 Å². The third-order valence-electron chi connectivity index (χ3n) is 2.76. The summed E-state index contributed by atoms with van der Waals surface area (Å²) in [4.78, 5) is 8.36. The minimum Gasteiger partial charge on any atom is -0.507 e. The Morgan fingerprint density at radius 1 is 1.18 bits per heavy atom. The summed E-state index contributed by atoms with van der Waals surface area (Å²) in [6.07, 6.45) is 0.861. The SMILES string of the molecule is CC.CCc1c(C)cc2ccc(Br)cc2c1O.CO.O=CO. The predicted molar refractivity (Wildman–Crippen MR) is 95.6 cm³/mol. The van der Waals surface area contributed by atoms with E-state index in [2.05, 4.69) is 28.9 Å². The number of hydrogen-bond acceptors (Lipinski definition) is 3. The van der Waals surface area contributed by atoms with E-state index in [4.69, 9.17) is 15.0 Å². The minimum atomic E-state index is -0.250. The van der Waals surface area contributed by atoms with Gasteiger partial charge in [-0.3, -0.25) is 4.79 Å². The number of benzene rings is 2. The van der Waals surface area contributed by atoms with Gasteiger partial charge in [-0.2, -0.15) is 0 Å². The van der Waals surface area contributed by atoms with Gasteiger partial charge in [0.1, 0.15) is 5.75 Å². The molecule has 124 valence electrons. The van der Waals surface area contributed by atoms with Crippen molar-refractivity contribution in [1.82, 2.24) is 0 Å². The predicted octanol–water partition coefficient (Wildman–Crippen LogP) is 4.51. The van der Waals surface area contributed by atoms with Gasteiger partial charge in [-0.05, 0) is 42.0 Å². The normalized spacial score (nSPS) is 8.50. The summed E-state index contributed by atoms with van der Waals surface area (Å²) in [6, 6.07) is 8.10. The molecule has 0 fully saturated rings. The molecule has 0 unspecified atom stereocenters. The highest BCUT2D eigenvalue weighted by Crippen LogP contribution is 2.33. The van der Waals surface area contributed by atoms with Crippen LogP contribution in [0.4, 0.5) is 0 Å². The monoisotopic (exact) mass is 372 g/mol. The topological polar surface area (TPSA) is 77.8 Å². The van der Waals surface area contributed by atoms with E-state index in [9.17, 15) is 5.11 Å². The van der Waals surface area contributed by atoms with Gasteiger partial charge in [-0.1, -0.05) is 48.8 Å². The maximum atomic E-state index is 10.1. The Balaban J connectivity index is 0. The van der Waals surface area contributed by atoms with Crippen LogP contribution in [0.15, 0.2) is 28.7 Å². The number of aromatic hydroxyl groups is 1. The second kappa shape index (κ2) is 13.1. The Morgan fingerprint density at radius 3 is 2.14 bits per heavy atom. The zero-order valence-corrected chi connectivity index (χ0v) is 15.3. The van der Waals surface area contributed by atoms with Crippen molar-refractivity contribution in [1.29, 1.82) is 0 Å². The molecule has 0 bridgehead atoms. The summed E-state index contributed by atoms with van der Waals surface area (Å²) in [5.74, 6) is 0.425. The van der Waals surface area contributed by atoms with Gasteiger partial charge in [0.05, 0.1) is 0 Å². The molecular weight excluding hydrogens is 348 g/mol. The van der Waals surface area contributed by atoms with Crippen molar-refractivity contribution in [2.24, 2.45) is 0 Å². The number of aliphatic hydroxyl groups excluding tert-OH is 1. The molecule has 0 radical (unpaired) electrons. The second-order valence-corrected chi connectivity index (χ2v) is 4.76. The van der Waals surface area contributed by atoms with Crippen LogP contribution in [-0.4, -0.2) is 28.9 Å². The van der Waals surface area contributed by atoms with Crippen LogP contribution in [0.5, 0.6) is 5.75 Å². The molecule has 0 saturated carbocycles. The smallest absolute Gasteiger partial charge is 0.290 e. The summed E-state index contributed by atoms with van der Waals surface area (Å²) in [6.45, 7) is 7.85. The van der Waals surface area contributed by atoms with Crippen LogP contribution < -0.4 is 0 Å². The number of rotatable bonds is 1. The summed E-state index contributed by atoms with van der Waals surface area (Å²) >= 11 is 3.42. The Labute approximate surface area is 140 Å². The second-order valence-electron chi connectivity index (χ2n) is 3.85. The zero-order valence-electron chi connectivity index (χ0n) is 13.7. The number of fused-ring (bicyclic) bond motifs is 1. The highest BCUT2D eigenvalue weighted by molar-refractivity contribution is 9.10. The van der Waals surface area contributed by atoms with Crippen molar-refractivity contribution in [3.05, 3.63) is 39.9 Å².